The summed E-state index contributed by atoms with van der Waals surface area (Å²) in [7, 11) is 1.11. The van der Waals surface area contributed by atoms with Crippen molar-refractivity contribution in [2.24, 2.45) is 17.8 Å². The number of rotatable bonds is 8. The third-order valence-corrected chi connectivity index (χ3v) is 7.39. The fourth-order valence-corrected chi connectivity index (χ4v) is 5.72. The first-order valence-corrected chi connectivity index (χ1v) is 12.5. The topological polar surface area (TPSA) is 124 Å². The molecule has 1 aliphatic carbocycles. The van der Waals surface area contributed by atoms with Crippen molar-refractivity contribution in [2.45, 2.75) is 65.9 Å². The Hall–Kier alpha value is -2.97. The number of methoxy groups -OCH3 is 1. The predicted octanol–water partition coefficient (Wildman–Crippen LogP) is 4.03. The summed E-state index contributed by atoms with van der Waals surface area (Å²) in [5.74, 6) is -3.37. The Bertz CT molecular complexity index is 1080. The molecule has 1 aromatic carbocycles. The first-order valence-electron chi connectivity index (χ1n) is 12.5. The number of aliphatic hydroxyl groups excluding tert-OH is 2. The number of fused-ring (bicyclic) bond motifs is 1. The van der Waals surface area contributed by atoms with E-state index in [-0.39, 0.29) is 12.2 Å². The lowest BCUT2D eigenvalue weighted by Crippen LogP contribution is -2.40. The van der Waals surface area contributed by atoms with Crippen molar-refractivity contribution in [3.63, 3.8) is 0 Å². The van der Waals surface area contributed by atoms with Crippen LogP contribution in [0.2, 0.25) is 0 Å². The second kappa shape index (κ2) is 11.4. The van der Waals surface area contributed by atoms with E-state index in [1.807, 2.05) is 45.9 Å². The van der Waals surface area contributed by atoms with Crippen LogP contribution in [0.25, 0.3) is 6.08 Å². The summed E-state index contributed by atoms with van der Waals surface area (Å²) in [6.45, 7) is 7.26. The molecule has 1 aromatic rings. The number of likely N-dealkylation sites (tertiary alicyclic amines) is 1. The Balaban J connectivity index is 1.85. The molecular weight excluding hydrogens is 462 g/mol. The Labute approximate surface area is 212 Å². The normalized spacial score (nSPS) is 23.2. The fourth-order valence-electron chi connectivity index (χ4n) is 5.72. The van der Waals surface area contributed by atoms with Crippen molar-refractivity contribution in [1.29, 1.82) is 0 Å². The largest absolute Gasteiger partial charge is 0.507 e. The molecule has 1 saturated heterocycles. The summed E-state index contributed by atoms with van der Waals surface area (Å²) in [4.78, 5) is 38.6. The van der Waals surface area contributed by atoms with Crippen molar-refractivity contribution in [3.8, 4) is 5.75 Å². The smallest absolute Gasteiger partial charge is 0.423 e. The van der Waals surface area contributed by atoms with Gasteiger partial charge in [-0.3, -0.25) is 9.59 Å². The van der Waals surface area contributed by atoms with Crippen LogP contribution >= 0.6 is 0 Å². The molecule has 8 heteroatoms. The number of aryl methyl sites for hydroxylation is 2. The van der Waals surface area contributed by atoms with Gasteiger partial charge in [0.05, 0.1) is 31.7 Å². The van der Waals surface area contributed by atoms with E-state index >= 15 is 0 Å². The highest BCUT2D eigenvalue weighted by Crippen LogP contribution is 2.47. The monoisotopic (exact) mass is 499 g/mol. The number of phenolic OH excluding ortho intramolecular Hbond substituents is 1. The minimum Gasteiger partial charge on any atom is -0.507 e. The van der Waals surface area contributed by atoms with Gasteiger partial charge in [-0.1, -0.05) is 30.6 Å². The van der Waals surface area contributed by atoms with E-state index in [0.29, 0.717) is 29.7 Å². The number of phenols is 1. The molecule has 0 spiro atoms. The summed E-state index contributed by atoms with van der Waals surface area (Å²) >= 11 is 0. The van der Waals surface area contributed by atoms with Gasteiger partial charge in [0.25, 0.3) is 0 Å². The number of allylic oxidation sites excluding steroid dienone is 2. The van der Waals surface area contributed by atoms with E-state index in [2.05, 4.69) is 4.74 Å². The van der Waals surface area contributed by atoms with E-state index in [0.717, 1.165) is 41.4 Å². The van der Waals surface area contributed by atoms with Crippen LogP contribution in [0, 0.1) is 31.6 Å². The maximum absolute atomic E-state index is 13.1. The molecule has 1 heterocycles. The Kier molecular flexibility index (Phi) is 8.74. The molecule has 0 unspecified atom stereocenters. The third-order valence-electron chi connectivity index (χ3n) is 7.39. The Morgan fingerprint density at radius 1 is 1.22 bits per heavy atom. The molecule has 4 atom stereocenters. The van der Waals surface area contributed by atoms with Gasteiger partial charge in [0.15, 0.2) is 0 Å². The van der Waals surface area contributed by atoms with Gasteiger partial charge >= 0.3 is 6.09 Å². The molecule has 8 nitrogen and oxygen atoms in total. The zero-order valence-corrected chi connectivity index (χ0v) is 21.7. The Morgan fingerprint density at radius 3 is 2.42 bits per heavy atom. The number of carbonyl (C=O) groups is 3. The molecule has 0 radical (unpaired) electrons. The van der Waals surface area contributed by atoms with Gasteiger partial charge in [-0.15, -0.1) is 0 Å². The van der Waals surface area contributed by atoms with Crippen LogP contribution in [-0.2, 0) is 14.3 Å². The molecule has 0 aromatic heterocycles. The third kappa shape index (κ3) is 5.25. The van der Waals surface area contributed by atoms with E-state index in [9.17, 15) is 29.7 Å². The van der Waals surface area contributed by atoms with Crippen LogP contribution in [0.5, 0.6) is 5.75 Å². The van der Waals surface area contributed by atoms with E-state index in [1.165, 1.54) is 0 Å². The number of amides is 3. The van der Waals surface area contributed by atoms with Crippen LogP contribution in [0.15, 0.2) is 28.9 Å². The van der Waals surface area contributed by atoms with Gasteiger partial charge in [0.1, 0.15) is 5.75 Å². The predicted molar refractivity (Wildman–Crippen MR) is 135 cm³/mol. The highest BCUT2D eigenvalue weighted by molar-refractivity contribution is 6.16. The van der Waals surface area contributed by atoms with Gasteiger partial charge < -0.3 is 20.1 Å². The van der Waals surface area contributed by atoms with Crippen LogP contribution < -0.4 is 0 Å². The van der Waals surface area contributed by atoms with Crippen molar-refractivity contribution >= 4 is 24.0 Å². The standard InChI is InChI=1S/C28H37NO7/c1-6-7-19-13-20-24(27(34)29(26(20)33)28(35)36-5)21(14-30)23(19)22(31)9-8-15(2)10-18-11-16(3)25(32)17(4)12-18/h10-12,20-22,24,30-32H,6-9,13-14H2,1-5H3/b15-10+/t20-,21+,22-,24-/m1/s1. The lowest BCUT2D eigenvalue weighted by Gasteiger charge is -2.36. The molecule has 1 aliphatic heterocycles. The van der Waals surface area contributed by atoms with Gasteiger partial charge in [0.2, 0.25) is 11.8 Å². The highest BCUT2D eigenvalue weighted by Gasteiger charge is 2.57. The number of aromatic hydroxyl groups is 1. The number of carbonyl (C=O) groups excluding carboxylic acids is 3. The molecule has 1 fully saturated rings. The molecule has 3 N–H and O–H groups in total. The zero-order valence-electron chi connectivity index (χ0n) is 21.7. The average molecular weight is 500 g/mol. The molecule has 3 amide bonds. The van der Waals surface area contributed by atoms with E-state index < -0.39 is 48.4 Å². The molecule has 196 valence electrons. The van der Waals surface area contributed by atoms with Crippen molar-refractivity contribution < 1.29 is 34.4 Å². The van der Waals surface area contributed by atoms with Crippen LogP contribution in [0.3, 0.4) is 0 Å². The lowest BCUT2D eigenvalue weighted by atomic mass is 9.67. The van der Waals surface area contributed by atoms with Crippen LogP contribution in [0.1, 0.15) is 62.6 Å². The molecule has 0 saturated carbocycles. The first kappa shape index (κ1) is 27.6. The fraction of sp³-hybridized carbons (Fsp3) is 0.536. The SMILES string of the molecule is CCCC1=C([C@H](O)CC/C(C)=C/c2cc(C)c(O)c(C)c2)[C@H](CO)[C@@H]2C(=O)N(C(=O)OC)C(=O)[C@@H]2C1. The second-order valence-corrected chi connectivity index (χ2v) is 9.96. The second-order valence-electron chi connectivity index (χ2n) is 9.96. The number of imide groups is 3. The Morgan fingerprint density at radius 2 is 1.86 bits per heavy atom. The number of benzene rings is 1. The summed E-state index contributed by atoms with van der Waals surface area (Å²) in [5.41, 5.74) is 5.09. The van der Waals surface area contributed by atoms with Crippen molar-refractivity contribution in [2.75, 3.05) is 13.7 Å². The highest BCUT2D eigenvalue weighted by atomic mass is 16.5. The molecule has 0 bridgehead atoms. The van der Waals surface area contributed by atoms with Gasteiger partial charge in [-0.2, -0.15) is 4.90 Å². The van der Waals surface area contributed by atoms with E-state index in [1.54, 1.807) is 0 Å². The number of nitrogens with zero attached hydrogens (tertiary/aromatic N) is 1. The minimum atomic E-state index is -1.02. The summed E-state index contributed by atoms with van der Waals surface area (Å²) < 4.78 is 4.63. The number of hydrogen-bond donors (Lipinski definition) is 3. The van der Waals surface area contributed by atoms with E-state index in [4.69, 9.17) is 0 Å². The molecule has 2 aliphatic rings. The number of ether oxygens (including phenoxy) is 1. The number of aliphatic hydroxyl groups is 2. The van der Waals surface area contributed by atoms with Crippen molar-refractivity contribution in [3.05, 3.63) is 45.5 Å². The van der Waals surface area contributed by atoms with Gasteiger partial charge in [0, 0.05) is 5.92 Å². The lowest BCUT2D eigenvalue weighted by molar-refractivity contribution is -0.137. The van der Waals surface area contributed by atoms with Crippen molar-refractivity contribution in [1.82, 2.24) is 4.90 Å². The molecular formula is C28H37NO7. The maximum atomic E-state index is 13.1. The average Bonchev–Trinajstić information content (AvgIpc) is 3.09. The number of hydrogen-bond acceptors (Lipinski definition) is 7. The quantitative estimate of drug-likeness (QED) is 0.364. The van der Waals surface area contributed by atoms with Gasteiger partial charge in [-0.05, 0) is 80.9 Å². The minimum absolute atomic E-state index is 0.278. The maximum Gasteiger partial charge on any atom is 0.423 e. The summed E-state index contributed by atoms with van der Waals surface area (Å²) in [6, 6.07) is 3.81. The van der Waals surface area contributed by atoms with Crippen LogP contribution in [0.4, 0.5) is 4.79 Å². The molecule has 3 rings (SSSR count). The molecule has 36 heavy (non-hydrogen) atoms. The summed E-state index contributed by atoms with van der Waals surface area (Å²) in [6.07, 6.45) is 2.76. The van der Waals surface area contributed by atoms with Gasteiger partial charge in [-0.25, -0.2) is 4.79 Å². The first-order chi connectivity index (χ1) is 17.0. The zero-order chi connectivity index (χ0) is 26.7. The van der Waals surface area contributed by atoms with Crippen LogP contribution in [-0.4, -0.2) is 57.9 Å². The summed E-state index contributed by atoms with van der Waals surface area (Å²) in [5, 5.41) is 31.6.